The Kier molecular flexibility index (Phi) is 8.79. The molecule has 1 unspecified atom stereocenters. The van der Waals surface area contributed by atoms with Crippen molar-refractivity contribution >= 4 is 0 Å². The van der Waals surface area contributed by atoms with Crippen LogP contribution in [0.3, 0.4) is 0 Å². The molecule has 0 aromatic carbocycles. The first-order valence-corrected chi connectivity index (χ1v) is 9.02. The minimum absolute atomic E-state index is 0.109. The van der Waals surface area contributed by atoms with Gasteiger partial charge in [-0.05, 0) is 38.6 Å². The van der Waals surface area contributed by atoms with E-state index in [0.717, 1.165) is 19.1 Å². The predicted molar refractivity (Wildman–Crippen MR) is 88.2 cm³/mol. The molecule has 1 atom stereocenters. The van der Waals surface area contributed by atoms with Crippen LogP contribution in [-0.4, -0.2) is 24.8 Å². The van der Waals surface area contributed by atoms with E-state index in [1.54, 1.807) is 0 Å². The van der Waals surface area contributed by atoms with Gasteiger partial charge in [0.15, 0.2) is 0 Å². The summed E-state index contributed by atoms with van der Waals surface area (Å²) in [6.45, 7) is 10.9. The third kappa shape index (κ3) is 5.73. The van der Waals surface area contributed by atoms with Gasteiger partial charge in [0.2, 0.25) is 0 Å². The third-order valence-electron chi connectivity index (χ3n) is 4.74. The summed E-state index contributed by atoms with van der Waals surface area (Å²) in [6.07, 6.45) is 11.9. The molecule has 1 fully saturated rings. The van der Waals surface area contributed by atoms with Crippen LogP contribution in [0.25, 0.3) is 0 Å². The SMILES string of the molecule is CCNC(CCCC(C)C)C1(OCC)CCCCCC1. The van der Waals surface area contributed by atoms with E-state index < -0.39 is 0 Å². The molecule has 2 nitrogen and oxygen atoms in total. The Hall–Kier alpha value is -0.0800. The van der Waals surface area contributed by atoms with E-state index in [1.807, 2.05) is 0 Å². The number of hydrogen-bond acceptors (Lipinski definition) is 2. The first-order chi connectivity index (χ1) is 9.64. The highest BCUT2D eigenvalue weighted by atomic mass is 16.5. The Morgan fingerprint density at radius 1 is 1.00 bits per heavy atom. The fourth-order valence-corrected chi connectivity index (χ4v) is 3.74. The maximum atomic E-state index is 6.36. The van der Waals surface area contributed by atoms with Crippen molar-refractivity contribution in [2.24, 2.45) is 5.92 Å². The lowest BCUT2D eigenvalue weighted by atomic mass is 9.82. The molecule has 0 heterocycles. The van der Waals surface area contributed by atoms with Gasteiger partial charge in [0.05, 0.1) is 5.60 Å². The second-order valence-corrected chi connectivity index (χ2v) is 6.85. The molecule has 1 N–H and O–H groups in total. The van der Waals surface area contributed by atoms with E-state index in [1.165, 1.54) is 57.8 Å². The van der Waals surface area contributed by atoms with E-state index in [9.17, 15) is 0 Å². The molecular weight excluding hydrogens is 246 g/mol. The molecule has 0 saturated heterocycles. The quantitative estimate of drug-likeness (QED) is 0.606. The van der Waals surface area contributed by atoms with E-state index in [2.05, 4.69) is 33.0 Å². The normalized spacial score (nSPS) is 20.9. The average Bonchev–Trinajstić information content (AvgIpc) is 2.64. The topological polar surface area (TPSA) is 21.3 Å². The third-order valence-corrected chi connectivity index (χ3v) is 4.74. The lowest BCUT2D eigenvalue weighted by Crippen LogP contribution is -2.52. The van der Waals surface area contributed by atoms with Gasteiger partial charge in [0, 0.05) is 12.6 Å². The molecule has 2 heteroatoms. The van der Waals surface area contributed by atoms with Crippen LogP contribution in [0.1, 0.15) is 85.5 Å². The van der Waals surface area contributed by atoms with E-state index in [-0.39, 0.29) is 5.60 Å². The van der Waals surface area contributed by atoms with Crippen LogP contribution in [0, 0.1) is 5.92 Å². The molecule has 0 aliphatic heterocycles. The summed E-state index contributed by atoms with van der Waals surface area (Å²) in [5, 5.41) is 3.75. The van der Waals surface area contributed by atoms with Crippen molar-refractivity contribution in [1.29, 1.82) is 0 Å². The Morgan fingerprint density at radius 2 is 1.65 bits per heavy atom. The molecule has 20 heavy (non-hydrogen) atoms. The van der Waals surface area contributed by atoms with Crippen LogP contribution < -0.4 is 5.32 Å². The molecule has 1 aliphatic rings. The Labute approximate surface area is 127 Å². The van der Waals surface area contributed by atoms with Crippen LogP contribution in [-0.2, 0) is 4.74 Å². The number of nitrogens with one attached hydrogen (secondary N) is 1. The zero-order valence-electron chi connectivity index (χ0n) is 14.3. The molecule has 0 bridgehead atoms. The molecule has 0 aromatic rings. The maximum absolute atomic E-state index is 6.36. The fraction of sp³-hybridized carbons (Fsp3) is 1.00. The summed E-state index contributed by atoms with van der Waals surface area (Å²) < 4.78 is 6.36. The largest absolute Gasteiger partial charge is 0.374 e. The number of hydrogen-bond donors (Lipinski definition) is 1. The van der Waals surface area contributed by atoms with Crippen LogP contribution in [0.2, 0.25) is 0 Å². The highest BCUT2D eigenvalue weighted by Gasteiger charge is 2.38. The second kappa shape index (κ2) is 9.78. The van der Waals surface area contributed by atoms with Gasteiger partial charge in [-0.1, -0.05) is 59.3 Å². The molecule has 0 spiro atoms. The average molecular weight is 284 g/mol. The molecule has 0 aromatic heterocycles. The van der Waals surface area contributed by atoms with Crippen LogP contribution in [0.15, 0.2) is 0 Å². The first-order valence-electron chi connectivity index (χ1n) is 9.02. The minimum atomic E-state index is 0.109. The van der Waals surface area contributed by atoms with Crippen LogP contribution in [0.5, 0.6) is 0 Å². The van der Waals surface area contributed by atoms with Gasteiger partial charge in [0.1, 0.15) is 0 Å². The smallest absolute Gasteiger partial charge is 0.0834 e. The monoisotopic (exact) mass is 283 g/mol. The number of ether oxygens (including phenoxy) is 1. The van der Waals surface area contributed by atoms with Gasteiger partial charge >= 0.3 is 0 Å². The summed E-state index contributed by atoms with van der Waals surface area (Å²) in [7, 11) is 0. The van der Waals surface area contributed by atoms with Crippen molar-refractivity contribution in [3.63, 3.8) is 0 Å². The van der Waals surface area contributed by atoms with Crippen molar-refractivity contribution in [1.82, 2.24) is 5.32 Å². The molecule has 120 valence electrons. The van der Waals surface area contributed by atoms with Crippen molar-refractivity contribution in [3.8, 4) is 0 Å². The summed E-state index contributed by atoms with van der Waals surface area (Å²) in [4.78, 5) is 0. The molecular formula is C18H37NO. The molecule has 0 radical (unpaired) electrons. The van der Waals surface area contributed by atoms with Crippen LogP contribution in [0.4, 0.5) is 0 Å². The van der Waals surface area contributed by atoms with Gasteiger partial charge in [-0.15, -0.1) is 0 Å². The Balaban J connectivity index is 2.69. The zero-order valence-corrected chi connectivity index (χ0v) is 14.3. The summed E-state index contributed by atoms with van der Waals surface area (Å²) in [6, 6.07) is 0.546. The zero-order chi connectivity index (χ0) is 14.8. The number of likely N-dealkylation sites (N-methyl/N-ethyl adjacent to an activating group) is 1. The van der Waals surface area contributed by atoms with E-state index in [4.69, 9.17) is 4.74 Å². The fourth-order valence-electron chi connectivity index (χ4n) is 3.74. The van der Waals surface area contributed by atoms with Gasteiger partial charge in [-0.2, -0.15) is 0 Å². The molecule has 1 saturated carbocycles. The maximum Gasteiger partial charge on any atom is 0.0834 e. The van der Waals surface area contributed by atoms with E-state index >= 15 is 0 Å². The van der Waals surface area contributed by atoms with Gasteiger partial charge in [-0.3, -0.25) is 0 Å². The summed E-state index contributed by atoms with van der Waals surface area (Å²) in [5.41, 5.74) is 0.109. The number of rotatable bonds is 9. The Morgan fingerprint density at radius 3 is 2.15 bits per heavy atom. The highest BCUT2D eigenvalue weighted by Crippen LogP contribution is 2.35. The molecule has 1 rings (SSSR count). The van der Waals surface area contributed by atoms with Gasteiger partial charge in [0.25, 0.3) is 0 Å². The molecule has 0 amide bonds. The Bertz CT molecular complexity index is 232. The van der Waals surface area contributed by atoms with Crippen molar-refractivity contribution in [3.05, 3.63) is 0 Å². The van der Waals surface area contributed by atoms with Crippen molar-refractivity contribution in [2.45, 2.75) is 97.1 Å². The minimum Gasteiger partial charge on any atom is -0.374 e. The first kappa shape index (κ1) is 18.0. The van der Waals surface area contributed by atoms with E-state index in [0.29, 0.717) is 6.04 Å². The predicted octanol–water partition coefficient (Wildman–Crippen LogP) is 4.92. The van der Waals surface area contributed by atoms with Crippen molar-refractivity contribution in [2.75, 3.05) is 13.2 Å². The summed E-state index contributed by atoms with van der Waals surface area (Å²) in [5.74, 6) is 0.814. The second-order valence-electron chi connectivity index (χ2n) is 6.85. The van der Waals surface area contributed by atoms with Crippen LogP contribution >= 0.6 is 0 Å². The summed E-state index contributed by atoms with van der Waals surface area (Å²) >= 11 is 0. The van der Waals surface area contributed by atoms with Gasteiger partial charge < -0.3 is 10.1 Å². The van der Waals surface area contributed by atoms with Crippen molar-refractivity contribution < 1.29 is 4.74 Å². The standard InChI is InChI=1S/C18H37NO/c1-5-19-17(13-11-12-16(3)4)18(20-6-2)14-9-7-8-10-15-18/h16-17,19H,5-15H2,1-4H3. The molecule has 1 aliphatic carbocycles. The highest BCUT2D eigenvalue weighted by molar-refractivity contribution is 4.94. The van der Waals surface area contributed by atoms with Gasteiger partial charge in [-0.25, -0.2) is 0 Å². The lowest BCUT2D eigenvalue weighted by molar-refractivity contribution is -0.0787. The lowest BCUT2D eigenvalue weighted by Gasteiger charge is -2.41.